The van der Waals surface area contributed by atoms with Crippen molar-refractivity contribution in [3.8, 4) is 0 Å². The minimum absolute atomic E-state index is 0.144. The lowest BCUT2D eigenvalue weighted by molar-refractivity contribution is -0.137. The number of carbonyl (C=O) groups is 2. The summed E-state index contributed by atoms with van der Waals surface area (Å²) in [7, 11) is 0. The molecule has 1 rings (SSSR count). The molecule has 22 heavy (non-hydrogen) atoms. The van der Waals surface area contributed by atoms with Crippen molar-refractivity contribution in [2.24, 2.45) is 11.5 Å². The molecule has 0 radical (unpaired) electrons. The number of nitrogens with two attached hydrogens (primary N) is 2. The van der Waals surface area contributed by atoms with E-state index >= 15 is 0 Å². The molecule has 8 heteroatoms. The predicted octanol–water partition coefficient (Wildman–Crippen LogP) is 1.25. The molecule has 1 aromatic carbocycles. The highest BCUT2D eigenvalue weighted by Crippen LogP contribution is 2.10. The third-order valence-corrected chi connectivity index (χ3v) is 2.67. The minimum Gasteiger partial charge on any atom is -0.454 e. The molecular formula is C14H15F2N3O3. The molecule has 0 aliphatic rings. The number of Topliss-reactive ketones (excluding diaryl/α,β-unsaturated/α-hetero) is 1. The Hall–Kier alpha value is -2.77. The van der Waals surface area contributed by atoms with Gasteiger partial charge in [0.1, 0.15) is 23.0 Å². The van der Waals surface area contributed by atoms with Gasteiger partial charge in [0, 0.05) is 17.3 Å². The number of carbonyl (C=O) groups excluding carboxylic acids is 2. The van der Waals surface area contributed by atoms with Gasteiger partial charge in [-0.2, -0.15) is 0 Å². The average Bonchev–Trinajstić information content (AvgIpc) is 2.43. The van der Waals surface area contributed by atoms with Gasteiger partial charge in [-0.15, -0.1) is 0 Å². The molecule has 0 bridgehead atoms. The second-order valence-electron chi connectivity index (χ2n) is 4.32. The van der Waals surface area contributed by atoms with Crippen LogP contribution in [0.4, 0.5) is 8.78 Å². The Labute approximate surface area is 125 Å². The first-order valence-corrected chi connectivity index (χ1v) is 6.25. The number of rotatable bonds is 6. The van der Waals surface area contributed by atoms with E-state index in [-0.39, 0.29) is 23.3 Å². The average molecular weight is 311 g/mol. The summed E-state index contributed by atoms with van der Waals surface area (Å²) >= 11 is 0. The van der Waals surface area contributed by atoms with Crippen LogP contribution in [0, 0.1) is 17.0 Å². The number of hydrogen-bond donors (Lipinski definition) is 3. The predicted molar refractivity (Wildman–Crippen MR) is 75.1 cm³/mol. The fourth-order valence-electron chi connectivity index (χ4n) is 1.59. The Kier molecular flexibility index (Phi) is 5.73. The summed E-state index contributed by atoms with van der Waals surface area (Å²) in [6.45, 7) is 0.856. The molecule has 5 N–H and O–H groups in total. The summed E-state index contributed by atoms with van der Waals surface area (Å²) in [6, 6.07) is 2.25. The number of ketones is 1. The first-order valence-electron chi connectivity index (χ1n) is 6.25. The molecule has 0 aliphatic heterocycles. The van der Waals surface area contributed by atoms with E-state index in [0.29, 0.717) is 6.07 Å². The van der Waals surface area contributed by atoms with Gasteiger partial charge in [-0.1, -0.05) is 6.92 Å². The van der Waals surface area contributed by atoms with Crippen molar-refractivity contribution >= 4 is 17.5 Å². The van der Waals surface area contributed by atoms with Crippen LogP contribution >= 0.6 is 0 Å². The maximum absolute atomic E-state index is 13.0. The monoisotopic (exact) mass is 311 g/mol. The summed E-state index contributed by atoms with van der Waals surface area (Å²) in [5.74, 6) is -4.09. The summed E-state index contributed by atoms with van der Waals surface area (Å²) in [5, 5.41) is 7.56. The molecule has 0 aromatic heterocycles. The molecule has 0 atom stereocenters. The molecule has 0 heterocycles. The Bertz CT molecular complexity index is 632. The van der Waals surface area contributed by atoms with E-state index in [1.165, 1.54) is 0 Å². The zero-order chi connectivity index (χ0) is 16.9. The van der Waals surface area contributed by atoms with Gasteiger partial charge < -0.3 is 21.6 Å². The third kappa shape index (κ3) is 4.37. The summed E-state index contributed by atoms with van der Waals surface area (Å²) in [5.41, 5.74) is 9.85. The van der Waals surface area contributed by atoms with Gasteiger partial charge in [0.05, 0.1) is 0 Å². The van der Waals surface area contributed by atoms with Crippen molar-refractivity contribution in [1.82, 2.24) is 0 Å². The fraction of sp³-hybridized carbons (Fsp3) is 0.214. The van der Waals surface area contributed by atoms with E-state index in [0.717, 1.165) is 12.1 Å². The largest absolute Gasteiger partial charge is 0.454 e. The van der Waals surface area contributed by atoms with E-state index in [4.69, 9.17) is 21.6 Å². The number of ether oxygens (including phenoxy) is 1. The van der Waals surface area contributed by atoms with Gasteiger partial charge in [0.15, 0.2) is 6.61 Å². The van der Waals surface area contributed by atoms with Crippen molar-refractivity contribution in [3.05, 3.63) is 46.8 Å². The van der Waals surface area contributed by atoms with Crippen LogP contribution in [0.2, 0.25) is 0 Å². The molecular weight excluding hydrogens is 296 g/mol. The number of nitrogens with one attached hydrogen (secondary N) is 1. The van der Waals surface area contributed by atoms with Crippen LogP contribution in [-0.2, 0) is 9.53 Å². The molecule has 0 aliphatic carbocycles. The highest BCUT2D eigenvalue weighted by atomic mass is 19.1. The maximum atomic E-state index is 13.0. The Morgan fingerprint density at radius 2 is 1.73 bits per heavy atom. The normalized spacial score (nSPS) is 9.95. The zero-order valence-corrected chi connectivity index (χ0v) is 11.8. The quantitative estimate of drug-likeness (QED) is 0.316. The minimum atomic E-state index is -1.04. The number of halogens is 2. The molecule has 0 spiro atoms. The fourth-order valence-corrected chi connectivity index (χ4v) is 1.59. The summed E-state index contributed by atoms with van der Waals surface area (Å²) in [4.78, 5) is 23.5. The lowest BCUT2D eigenvalue weighted by atomic mass is 10.1. The van der Waals surface area contributed by atoms with Gasteiger partial charge in [0.25, 0.3) is 0 Å². The second-order valence-corrected chi connectivity index (χ2v) is 4.32. The standard InChI is InChI=1S/C14H15F2N3O3/c1-2-10(17)12(13(18)19)14(21)22-6-11(20)7-3-8(15)5-9(16)4-7/h3-5,17H,2,6,18-19H2,1H3. The Morgan fingerprint density at radius 1 is 1.18 bits per heavy atom. The second kappa shape index (κ2) is 7.30. The molecule has 0 amide bonds. The van der Waals surface area contributed by atoms with Gasteiger partial charge in [0.2, 0.25) is 5.78 Å². The SMILES string of the molecule is CCC(=N)C(C(=O)OCC(=O)c1cc(F)cc(F)c1)=C(N)N. The lowest BCUT2D eigenvalue weighted by Crippen LogP contribution is -2.26. The van der Waals surface area contributed by atoms with Crippen LogP contribution in [-0.4, -0.2) is 24.1 Å². The van der Waals surface area contributed by atoms with Gasteiger partial charge in [-0.25, -0.2) is 13.6 Å². The van der Waals surface area contributed by atoms with Gasteiger partial charge in [-0.05, 0) is 18.6 Å². The van der Waals surface area contributed by atoms with Crippen LogP contribution in [0.3, 0.4) is 0 Å². The van der Waals surface area contributed by atoms with Crippen molar-refractivity contribution in [3.63, 3.8) is 0 Å². The third-order valence-electron chi connectivity index (χ3n) is 2.67. The van der Waals surface area contributed by atoms with Crippen LogP contribution in [0.1, 0.15) is 23.7 Å². The van der Waals surface area contributed by atoms with Crippen molar-refractivity contribution in [2.75, 3.05) is 6.61 Å². The molecule has 0 unspecified atom stereocenters. The molecule has 0 saturated carbocycles. The van der Waals surface area contributed by atoms with Crippen molar-refractivity contribution in [1.29, 1.82) is 5.41 Å². The van der Waals surface area contributed by atoms with Crippen LogP contribution in [0.15, 0.2) is 29.6 Å². The number of benzene rings is 1. The van der Waals surface area contributed by atoms with Crippen LogP contribution in [0.25, 0.3) is 0 Å². The van der Waals surface area contributed by atoms with E-state index in [1.807, 2.05) is 0 Å². The highest BCUT2D eigenvalue weighted by Gasteiger charge is 2.20. The first kappa shape index (κ1) is 17.3. The van der Waals surface area contributed by atoms with Gasteiger partial charge >= 0.3 is 5.97 Å². The molecule has 1 aromatic rings. The van der Waals surface area contributed by atoms with Crippen molar-refractivity contribution < 1.29 is 23.1 Å². The van der Waals surface area contributed by atoms with Crippen LogP contribution < -0.4 is 11.5 Å². The first-order chi connectivity index (χ1) is 10.3. The van der Waals surface area contributed by atoms with E-state index in [1.54, 1.807) is 6.92 Å². The summed E-state index contributed by atoms with van der Waals surface area (Å²) in [6.07, 6.45) is 0.186. The van der Waals surface area contributed by atoms with E-state index < -0.39 is 35.8 Å². The Balaban J connectivity index is 2.81. The van der Waals surface area contributed by atoms with E-state index in [9.17, 15) is 18.4 Å². The summed E-state index contributed by atoms with van der Waals surface area (Å²) < 4.78 is 30.7. The highest BCUT2D eigenvalue weighted by molar-refractivity contribution is 6.19. The molecule has 0 fully saturated rings. The number of hydrogen-bond acceptors (Lipinski definition) is 6. The number of esters is 1. The maximum Gasteiger partial charge on any atom is 0.344 e. The van der Waals surface area contributed by atoms with Crippen LogP contribution in [0.5, 0.6) is 0 Å². The van der Waals surface area contributed by atoms with Crippen molar-refractivity contribution in [2.45, 2.75) is 13.3 Å². The zero-order valence-electron chi connectivity index (χ0n) is 11.8. The molecule has 6 nitrogen and oxygen atoms in total. The molecule has 0 saturated heterocycles. The van der Waals surface area contributed by atoms with Gasteiger partial charge in [-0.3, -0.25) is 4.79 Å². The molecule has 118 valence electrons. The Morgan fingerprint density at radius 3 is 2.18 bits per heavy atom. The lowest BCUT2D eigenvalue weighted by Gasteiger charge is -2.09. The topological polar surface area (TPSA) is 119 Å². The smallest absolute Gasteiger partial charge is 0.344 e. The van der Waals surface area contributed by atoms with E-state index in [2.05, 4.69) is 0 Å².